The number of amides is 1. The molecule has 52 heavy (non-hydrogen) atoms. The van der Waals surface area contributed by atoms with Crippen LogP contribution in [0, 0.1) is 5.82 Å². The number of benzene rings is 3. The van der Waals surface area contributed by atoms with Gasteiger partial charge in [0.05, 0.1) is 29.7 Å². The van der Waals surface area contributed by atoms with Gasteiger partial charge in [-0.05, 0) is 79.6 Å². The average molecular weight is 774 g/mol. The summed E-state index contributed by atoms with van der Waals surface area (Å²) in [6.07, 6.45) is -6.75. The van der Waals surface area contributed by atoms with E-state index in [9.17, 15) is 49.1 Å². The Kier molecular flexibility index (Phi) is 10.3. The van der Waals surface area contributed by atoms with Gasteiger partial charge >= 0.3 is 12.4 Å². The number of carbonyl (C=O) groups is 1. The summed E-state index contributed by atoms with van der Waals surface area (Å²) < 4.78 is 124. The number of hydrogen-bond acceptors (Lipinski definition) is 8. The predicted octanol–water partition coefficient (Wildman–Crippen LogP) is 8.20. The van der Waals surface area contributed by atoms with Gasteiger partial charge in [0.15, 0.2) is 6.23 Å². The molecule has 280 valence electrons. The summed E-state index contributed by atoms with van der Waals surface area (Å²) in [6.45, 7) is 0.455. The molecule has 8 nitrogen and oxygen atoms in total. The number of alkyl halides is 6. The van der Waals surface area contributed by atoms with Crippen LogP contribution in [0.15, 0.2) is 54.6 Å². The number of fused-ring (bicyclic) bond motifs is 3. The van der Waals surface area contributed by atoms with E-state index in [0.717, 1.165) is 55.5 Å². The highest BCUT2D eigenvalue weighted by Crippen LogP contribution is 2.45. The molecule has 3 atom stereocenters. The molecule has 0 radical (unpaired) electrons. The number of piperidine rings is 1. The van der Waals surface area contributed by atoms with Crippen LogP contribution < -0.4 is 15.4 Å². The molecule has 3 unspecified atom stereocenters. The van der Waals surface area contributed by atoms with Crippen molar-refractivity contribution < 1.29 is 53.8 Å². The molecule has 2 bridgehead atoms. The van der Waals surface area contributed by atoms with Gasteiger partial charge in [0, 0.05) is 46.2 Å². The maximum absolute atomic E-state index is 13.9. The molecule has 3 aromatic carbocycles. The van der Waals surface area contributed by atoms with Crippen molar-refractivity contribution in [3.63, 3.8) is 0 Å². The van der Waals surface area contributed by atoms with Gasteiger partial charge in [0.1, 0.15) is 26.3 Å². The first-order chi connectivity index (χ1) is 24.3. The van der Waals surface area contributed by atoms with Crippen LogP contribution in [-0.4, -0.2) is 62.1 Å². The molecular formula is C35H34F7N3O5S2. The standard InChI is InChI=1S/C35H34F7N3O5S2/c1-50-28-10-3-18(19-13-22-6-7-23(14-19)45(22)11-12-52(2,48)49)15-25(28)32(46)44-30-24-8-4-20(34(37,38)39)16-29(24)51-31(30)33(47)43-21-5-9-27(36)26(17-21)35(40,41)42/h3-5,8-10,15-17,19,22-23,32,44,46H,6-7,11-14H2,1-2H3,(H,43,47). The number of nitrogens with zero attached hydrogens (tertiary/aromatic N) is 1. The van der Waals surface area contributed by atoms with Crippen molar-refractivity contribution in [3.05, 3.63) is 87.5 Å². The lowest BCUT2D eigenvalue weighted by molar-refractivity contribution is -0.140. The highest BCUT2D eigenvalue weighted by Gasteiger charge is 2.41. The van der Waals surface area contributed by atoms with E-state index in [0.29, 0.717) is 30.0 Å². The number of sulfone groups is 1. The van der Waals surface area contributed by atoms with Crippen molar-refractivity contribution in [1.29, 1.82) is 0 Å². The fourth-order valence-corrected chi connectivity index (χ4v) is 8.84. The van der Waals surface area contributed by atoms with Gasteiger partial charge in [-0.2, -0.15) is 26.3 Å². The number of thiophene rings is 1. The Hall–Kier alpha value is -3.93. The minimum Gasteiger partial charge on any atom is -0.496 e. The Balaban J connectivity index is 1.31. The van der Waals surface area contributed by atoms with Crippen LogP contribution in [0.1, 0.15) is 69.8 Å². The second-order valence-corrected chi connectivity index (χ2v) is 16.4. The summed E-state index contributed by atoms with van der Waals surface area (Å²) in [6, 6.07) is 10.3. The molecule has 4 aromatic rings. The molecule has 2 saturated heterocycles. The normalized spacial score (nSPS) is 20.2. The molecule has 1 amide bonds. The van der Waals surface area contributed by atoms with Crippen LogP contribution in [0.3, 0.4) is 0 Å². The number of nitrogens with one attached hydrogen (secondary N) is 2. The van der Waals surface area contributed by atoms with Crippen molar-refractivity contribution >= 4 is 48.5 Å². The topological polar surface area (TPSA) is 108 Å². The first-order valence-corrected chi connectivity index (χ1v) is 19.1. The van der Waals surface area contributed by atoms with Gasteiger partial charge < -0.3 is 20.5 Å². The Bertz CT molecular complexity index is 2090. The van der Waals surface area contributed by atoms with Crippen molar-refractivity contribution in [2.45, 2.75) is 62.3 Å². The van der Waals surface area contributed by atoms with Crippen molar-refractivity contribution in [2.75, 3.05) is 36.3 Å². The highest BCUT2D eigenvalue weighted by molar-refractivity contribution is 7.90. The number of anilines is 2. The molecule has 2 aliphatic rings. The summed E-state index contributed by atoms with van der Waals surface area (Å²) in [5.41, 5.74) is -1.97. The van der Waals surface area contributed by atoms with Gasteiger partial charge in [-0.15, -0.1) is 11.3 Å². The van der Waals surface area contributed by atoms with Crippen LogP contribution in [-0.2, 0) is 22.2 Å². The van der Waals surface area contributed by atoms with Gasteiger partial charge in [-0.25, -0.2) is 12.8 Å². The minimum atomic E-state index is -5.06. The maximum Gasteiger partial charge on any atom is 0.419 e. The monoisotopic (exact) mass is 773 g/mol. The SMILES string of the molecule is COc1ccc(C2CC3CCC(C2)N3CCS(C)(=O)=O)cc1C(O)Nc1c(C(=O)Nc2ccc(F)c(C(F)(F)F)c2)sc2cc(C(F)(F)F)ccc12. The van der Waals surface area contributed by atoms with Crippen molar-refractivity contribution in [2.24, 2.45) is 0 Å². The van der Waals surface area contributed by atoms with Crippen molar-refractivity contribution in [1.82, 2.24) is 4.90 Å². The van der Waals surface area contributed by atoms with Gasteiger partial charge in [-0.3, -0.25) is 9.69 Å². The zero-order valence-corrected chi connectivity index (χ0v) is 29.4. The highest BCUT2D eigenvalue weighted by atomic mass is 32.2. The van der Waals surface area contributed by atoms with E-state index in [4.69, 9.17) is 4.74 Å². The summed E-state index contributed by atoms with van der Waals surface area (Å²) in [5, 5.41) is 16.8. The fourth-order valence-electron chi connectivity index (χ4n) is 7.20. The molecule has 0 aliphatic carbocycles. The molecule has 6 rings (SSSR count). The number of aliphatic hydroxyl groups is 1. The van der Waals surface area contributed by atoms with Crippen LogP contribution >= 0.6 is 11.3 Å². The third-order valence-electron chi connectivity index (χ3n) is 9.66. The lowest BCUT2D eigenvalue weighted by Gasteiger charge is -2.39. The molecule has 2 aliphatic heterocycles. The van der Waals surface area contributed by atoms with Crippen LogP contribution in [0.2, 0.25) is 0 Å². The Morgan fingerprint density at radius 3 is 2.31 bits per heavy atom. The maximum atomic E-state index is 13.9. The third kappa shape index (κ3) is 8.01. The second kappa shape index (κ2) is 14.1. The van der Waals surface area contributed by atoms with E-state index in [1.54, 1.807) is 12.1 Å². The number of carbonyl (C=O) groups excluding carboxylic acids is 1. The molecule has 0 spiro atoms. The summed E-state index contributed by atoms with van der Waals surface area (Å²) in [4.78, 5) is 15.6. The lowest BCUT2D eigenvalue weighted by Crippen LogP contribution is -2.44. The number of methoxy groups -OCH3 is 1. The molecule has 2 fully saturated rings. The Morgan fingerprint density at radius 2 is 1.69 bits per heavy atom. The third-order valence-corrected chi connectivity index (χ3v) is 11.7. The zero-order valence-electron chi connectivity index (χ0n) is 27.7. The van der Waals surface area contributed by atoms with Crippen LogP contribution in [0.25, 0.3) is 10.1 Å². The van der Waals surface area contributed by atoms with Crippen LogP contribution in [0.5, 0.6) is 5.75 Å². The predicted molar refractivity (Wildman–Crippen MR) is 183 cm³/mol. The minimum absolute atomic E-state index is 0.00332. The van der Waals surface area contributed by atoms with E-state index in [1.165, 1.54) is 13.4 Å². The van der Waals surface area contributed by atoms with Crippen molar-refractivity contribution in [3.8, 4) is 5.75 Å². The van der Waals surface area contributed by atoms with Gasteiger partial charge in [0.25, 0.3) is 5.91 Å². The summed E-state index contributed by atoms with van der Waals surface area (Å²) in [5.74, 6) is -2.15. The van der Waals surface area contributed by atoms with E-state index >= 15 is 0 Å². The zero-order chi connectivity index (χ0) is 37.7. The molecule has 3 heterocycles. The Labute approximate surface area is 298 Å². The van der Waals surface area contributed by atoms with E-state index < -0.39 is 57.0 Å². The summed E-state index contributed by atoms with van der Waals surface area (Å²) >= 11 is 0.625. The quantitative estimate of drug-likeness (QED) is 0.110. The fraction of sp³-hybridized carbons (Fsp3) is 0.400. The first kappa shape index (κ1) is 37.8. The molecule has 17 heteroatoms. The summed E-state index contributed by atoms with van der Waals surface area (Å²) in [7, 11) is -1.74. The number of rotatable bonds is 10. The number of halogens is 7. The average Bonchev–Trinajstić information content (AvgIpc) is 3.54. The first-order valence-electron chi connectivity index (χ1n) is 16.2. The van der Waals surface area contributed by atoms with Gasteiger partial charge in [0.2, 0.25) is 0 Å². The molecule has 1 aromatic heterocycles. The second-order valence-electron chi connectivity index (χ2n) is 13.1. The number of hydrogen-bond donors (Lipinski definition) is 3. The lowest BCUT2D eigenvalue weighted by atomic mass is 9.84. The van der Waals surface area contributed by atoms with E-state index in [-0.39, 0.29) is 55.7 Å². The van der Waals surface area contributed by atoms with Crippen LogP contribution in [0.4, 0.5) is 42.1 Å². The molecular weight excluding hydrogens is 740 g/mol. The smallest absolute Gasteiger partial charge is 0.419 e. The molecule has 3 N–H and O–H groups in total. The Morgan fingerprint density at radius 1 is 1.00 bits per heavy atom. The largest absolute Gasteiger partial charge is 0.496 e. The molecule has 0 saturated carbocycles. The number of ether oxygens (including phenoxy) is 1. The van der Waals surface area contributed by atoms with Gasteiger partial charge in [-0.1, -0.05) is 12.1 Å². The van der Waals surface area contributed by atoms with E-state index in [2.05, 4.69) is 15.5 Å². The number of aliphatic hydroxyl groups excluding tert-OH is 1. The van der Waals surface area contributed by atoms with E-state index in [1.807, 2.05) is 6.07 Å².